The van der Waals surface area contributed by atoms with Crippen LogP contribution < -0.4 is 19.5 Å². The summed E-state index contributed by atoms with van der Waals surface area (Å²) >= 11 is 6.22. The molecule has 1 amide bonds. The van der Waals surface area contributed by atoms with E-state index >= 15 is 0 Å². The van der Waals surface area contributed by atoms with Crippen molar-refractivity contribution in [3.63, 3.8) is 0 Å². The molecule has 2 rings (SSSR count). The number of methoxy groups -OCH3 is 2. The fourth-order valence-corrected chi connectivity index (χ4v) is 2.60. The maximum atomic E-state index is 12.5. The van der Waals surface area contributed by atoms with Gasteiger partial charge in [-0.05, 0) is 35.9 Å². The molecule has 0 bridgehead atoms. The van der Waals surface area contributed by atoms with E-state index in [0.29, 0.717) is 22.7 Å². The van der Waals surface area contributed by atoms with E-state index in [0.717, 1.165) is 0 Å². The molecule has 0 radical (unpaired) electrons. The number of terminal acetylenes is 1. The fraction of sp³-hybridized carbons (Fsp3) is 0.143. The predicted molar refractivity (Wildman–Crippen MR) is 108 cm³/mol. The number of nitriles is 1. The van der Waals surface area contributed by atoms with Crippen LogP contribution in [-0.4, -0.2) is 26.7 Å². The van der Waals surface area contributed by atoms with Crippen LogP contribution in [0.25, 0.3) is 6.08 Å². The highest BCUT2D eigenvalue weighted by Crippen LogP contribution is 2.37. The maximum absolute atomic E-state index is 12.5. The van der Waals surface area contributed by atoms with Gasteiger partial charge in [0.05, 0.1) is 24.9 Å². The molecule has 0 aliphatic heterocycles. The summed E-state index contributed by atoms with van der Waals surface area (Å²) in [7, 11) is 2.94. The largest absolute Gasteiger partial charge is 0.495 e. The zero-order valence-electron chi connectivity index (χ0n) is 15.3. The van der Waals surface area contributed by atoms with E-state index in [1.165, 1.54) is 20.3 Å². The zero-order chi connectivity index (χ0) is 20.5. The number of halogens is 1. The molecule has 28 heavy (non-hydrogen) atoms. The summed E-state index contributed by atoms with van der Waals surface area (Å²) < 4.78 is 15.8. The lowest BCUT2D eigenvalue weighted by Gasteiger charge is -2.12. The number of nitrogens with one attached hydrogen (secondary N) is 1. The van der Waals surface area contributed by atoms with E-state index in [9.17, 15) is 10.1 Å². The Labute approximate surface area is 168 Å². The van der Waals surface area contributed by atoms with Crippen molar-refractivity contribution in [1.29, 1.82) is 5.26 Å². The lowest BCUT2D eigenvalue weighted by atomic mass is 10.1. The van der Waals surface area contributed by atoms with Gasteiger partial charge in [0, 0.05) is 0 Å². The van der Waals surface area contributed by atoms with E-state index in [1.54, 1.807) is 36.4 Å². The quantitative estimate of drug-likeness (QED) is 0.436. The van der Waals surface area contributed by atoms with Crippen LogP contribution in [0, 0.1) is 23.7 Å². The zero-order valence-corrected chi connectivity index (χ0v) is 16.0. The topological polar surface area (TPSA) is 80.6 Å². The first kappa shape index (κ1) is 20.7. The number of amides is 1. The number of benzene rings is 2. The summed E-state index contributed by atoms with van der Waals surface area (Å²) in [6, 6.07) is 11.9. The summed E-state index contributed by atoms with van der Waals surface area (Å²) in [5.74, 6) is 2.85. The first-order valence-corrected chi connectivity index (χ1v) is 8.41. The van der Waals surface area contributed by atoms with Crippen LogP contribution in [0.5, 0.6) is 17.2 Å². The van der Waals surface area contributed by atoms with Crippen molar-refractivity contribution in [1.82, 2.24) is 0 Å². The molecule has 0 unspecified atom stereocenters. The van der Waals surface area contributed by atoms with Crippen LogP contribution in [0.1, 0.15) is 5.56 Å². The average molecular weight is 397 g/mol. The molecule has 0 saturated heterocycles. The number of nitrogens with zero attached hydrogens (tertiary/aromatic N) is 1. The number of carbonyl (C=O) groups excluding carboxylic acids is 1. The third-order valence-electron chi connectivity index (χ3n) is 3.58. The number of hydrogen-bond donors (Lipinski definition) is 1. The molecule has 1 N–H and O–H groups in total. The number of rotatable bonds is 7. The van der Waals surface area contributed by atoms with E-state index in [1.807, 2.05) is 6.07 Å². The number of ether oxygens (including phenoxy) is 3. The molecule has 142 valence electrons. The molecule has 0 saturated carbocycles. The molecule has 0 aliphatic carbocycles. The van der Waals surface area contributed by atoms with Gasteiger partial charge in [-0.1, -0.05) is 29.7 Å². The van der Waals surface area contributed by atoms with Gasteiger partial charge in [0.1, 0.15) is 24.0 Å². The SMILES string of the molecule is C#CCOc1c(Cl)cc(/C=C(\C#N)C(=O)Nc2ccccc2OC)cc1OC. The Bertz CT molecular complexity index is 987. The minimum Gasteiger partial charge on any atom is -0.495 e. The Morgan fingerprint density at radius 2 is 1.96 bits per heavy atom. The monoisotopic (exact) mass is 396 g/mol. The smallest absolute Gasteiger partial charge is 0.266 e. The minimum absolute atomic E-state index is 0.0238. The number of para-hydroxylation sites is 2. The maximum Gasteiger partial charge on any atom is 0.266 e. The highest BCUT2D eigenvalue weighted by molar-refractivity contribution is 6.32. The lowest BCUT2D eigenvalue weighted by molar-refractivity contribution is -0.112. The van der Waals surface area contributed by atoms with Crippen molar-refractivity contribution < 1.29 is 19.0 Å². The van der Waals surface area contributed by atoms with E-state index in [4.69, 9.17) is 32.2 Å². The van der Waals surface area contributed by atoms with Gasteiger partial charge < -0.3 is 19.5 Å². The molecule has 7 heteroatoms. The molecule has 0 atom stereocenters. The molecular formula is C21H17ClN2O4. The number of carbonyl (C=O) groups is 1. The van der Waals surface area contributed by atoms with Gasteiger partial charge in [0.15, 0.2) is 11.5 Å². The summed E-state index contributed by atoms with van der Waals surface area (Å²) in [6.45, 7) is 0.0238. The Hall–Kier alpha value is -3.61. The summed E-state index contributed by atoms with van der Waals surface area (Å²) in [4.78, 5) is 12.5. The summed E-state index contributed by atoms with van der Waals surface area (Å²) in [5, 5.41) is 12.3. The van der Waals surface area contributed by atoms with Gasteiger partial charge in [0.2, 0.25) is 0 Å². The Balaban J connectivity index is 2.33. The number of hydrogen-bond acceptors (Lipinski definition) is 5. The Morgan fingerprint density at radius 1 is 1.25 bits per heavy atom. The van der Waals surface area contributed by atoms with E-state index in [-0.39, 0.29) is 23.0 Å². The van der Waals surface area contributed by atoms with E-state index < -0.39 is 5.91 Å². The van der Waals surface area contributed by atoms with Crippen LogP contribution in [0.3, 0.4) is 0 Å². The first-order valence-electron chi connectivity index (χ1n) is 8.04. The highest BCUT2D eigenvalue weighted by atomic mass is 35.5. The molecular weight excluding hydrogens is 380 g/mol. The van der Waals surface area contributed by atoms with Crippen molar-refractivity contribution in [3.05, 3.63) is 52.6 Å². The second-order valence-corrected chi connectivity index (χ2v) is 5.76. The summed E-state index contributed by atoms with van der Waals surface area (Å²) in [6.07, 6.45) is 6.58. The molecule has 0 aliphatic rings. The molecule has 0 aromatic heterocycles. The first-order chi connectivity index (χ1) is 13.5. The lowest BCUT2D eigenvalue weighted by Crippen LogP contribution is -2.14. The van der Waals surface area contributed by atoms with Crippen LogP contribution in [0.2, 0.25) is 5.02 Å². The molecule has 2 aromatic rings. The van der Waals surface area contributed by atoms with Gasteiger partial charge in [0.25, 0.3) is 5.91 Å². The van der Waals surface area contributed by atoms with Crippen molar-refractivity contribution in [2.75, 3.05) is 26.1 Å². The molecule has 6 nitrogen and oxygen atoms in total. The second-order valence-electron chi connectivity index (χ2n) is 5.35. The average Bonchev–Trinajstić information content (AvgIpc) is 2.71. The Kier molecular flexibility index (Phi) is 7.33. The van der Waals surface area contributed by atoms with Crippen LogP contribution >= 0.6 is 11.6 Å². The van der Waals surface area contributed by atoms with Gasteiger partial charge >= 0.3 is 0 Å². The van der Waals surface area contributed by atoms with Crippen LogP contribution in [0.4, 0.5) is 5.69 Å². The third-order valence-corrected chi connectivity index (χ3v) is 3.86. The highest BCUT2D eigenvalue weighted by Gasteiger charge is 2.15. The van der Waals surface area contributed by atoms with E-state index in [2.05, 4.69) is 11.2 Å². The van der Waals surface area contributed by atoms with Crippen molar-refractivity contribution in [2.24, 2.45) is 0 Å². The minimum atomic E-state index is -0.588. The molecule has 0 spiro atoms. The van der Waals surface area contributed by atoms with Gasteiger partial charge in [-0.3, -0.25) is 4.79 Å². The van der Waals surface area contributed by atoms with Gasteiger partial charge in [-0.2, -0.15) is 5.26 Å². The van der Waals surface area contributed by atoms with Gasteiger partial charge in [-0.15, -0.1) is 6.42 Å². The van der Waals surface area contributed by atoms with Crippen molar-refractivity contribution in [3.8, 4) is 35.7 Å². The standard InChI is InChI=1S/C21H17ClN2O4/c1-4-9-28-20-16(22)11-14(12-19(20)27-3)10-15(13-23)21(25)24-17-7-5-6-8-18(17)26-2/h1,5-8,10-12H,9H2,2-3H3,(H,24,25)/b15-10+. The van der Waals surface area contributed by atoms with Crippen LogP contribution in [0.15, 0.2) is 42.0 Å². The fourth-order valence-electron chi connectivity index (χ4n) is 2.33. The summed E-state index contributed by atoms with van der Waals surface area (Å²) in [5.41, 5.74) is 0.813. The second kappa shape index (κ2) is 9.91. The van der Waals surface area contributed by atoms with Gasteiger partial charge in [-0.25, -0.2) is 0 Å². The molecule has 2 aromatic carbocycles. The molecule has 0 fully saturated rings. The Morgan fingerprint density at radius 3 is 2.61 bits per heavy atom. The predicted octanol–water partition coefficient (Wildman–Crippen LogP) is 3.91. The van der Waals surface area contributed by atoms with Crippen molar-refractivity contribution in [2.45, 2.75) is 0 Å². The molecule has 0 heterocycles. The van der Waals surface area contributed by atoms with Crippen molar-refractivity contribution >= 4 is 29.3 Å². The number of anilines is 1. The third kappa shape index (κ3) is 4.97. The van der Waals surface area contributed by atoms with Crippen LogP contribution in [-0.2, 0) is 4.79 Å². The normalized spacial score (nSPS) is 10.4.